The Balaban J connectivity index is 2.93. The molecule has 0 saturated carbocycles. The highest BCUT2D eigenvalue weighted by Gasteiger charge is 2.18. The fraction of sp³-hybridized carbons (Fsp3) is 0.333. The van der Waals surface area contributed by atoms with Gasteiger partial charge >= 0.3 is 5.97 Å². The molecule has 0 fully saturated rings. The van der Waals surface area contributed by atoms with Crippen molar-refractivity contribution in [2.45, 2.75) is 13.2 Å². The summed E-state index contributed by atoms with van der Waals surface area (Å²) < 4.78 is 9.72. The lowest BCUT2D eigenvalue weighted by Crippen LogP contribution is -2.27. The molecular weight excluding hydrogens is 234 g/mol. The average Bonchev–Trinajstić information content (AvgIpc) is 2.36. The van der Waals surface area contributed by atoms with E-state index in [0.29, 0.717) is 11.3 Å². The Bertz CT molecular complexity index is 446. The lowest BCUT2D eigenvalue weighted by molar-refractivity contribution is -0.154. The van der Waals surface area contributed by atoms with E-state index in [-0.39, 0.29) is 12.4 Å². The molecule has 0 bridgehead atoms. The highest BCUT2D eigenvalue weighted by molar-refractivity contribution is 6.02. The number of nitrogens with two attached hydrogens (primary N) is 2. The molecule has 1 rings (SSSR count). The zero-order valence-electron chi connectivity index (χ0n) is 10.4. The van der Waals surface area contributed by atoms with E-state index >= 15 is 0 Å². The smallest absolute Gasteiger partial charge is 0.358 e. The molecule has 0 aliphatic heterocycles. The molecular formula is C12H17N3O3. The van der Waals surface area contributed by atoms with Crippen LogP contribution in [0.3, 0.4) is 0 Å². The minimum absolute atomic E-state index is 0.132. The summed E-state index contributed by atoms with van der Waals surface area (Å²) >= 11 is 0. The number of ether oxygens (including phenoxy) is 2. The topological polar surface area (TPSA) is 99.9 Å². The standard InChI is InChI=1S/C12H17N3O3/c1-3-18-12(16)11(17-2)15-10(14)8-6-4-5-7-9(8)13/h4-7,11H,3,13H2,1-2H3,(H2,14,15). The van der Waals surface area contributed by atoms with Crippen LogP contribution in [0.25, 0.3) is 0 Å². The van der Waals surface area contributed by atoms with Crippen molar-refractivity contribution in [1.29, 1.82) is 0 Å². The second-order valence-corrected chi connectivity index (χ2v) is 3.44. The molecule has 6 heteroatoms. The molecule has 0 aromatic heterocycles. The first-order valence-corrected chi connectivity index (χ1v) is 5.47. The number of nitrogens with zero attached hydrogens (tertiary/aromatic N) is 1. The van der Waals surface area contributed by atoms with Crippen molar-refractivity contribution >= 4 is 17.5 Å². The first-order valence-electron chi connectivity index (χ1n) is 5.47. The lowest BCUT2D eigenvalue weighted by atomic mass is 10.1. The summed E-state index contributed by atoms with van der Waals surface area (Å²) in [6, 6.07) is 6.97. The van der Waals surface area contributed by atoms with E-state index in [9.17, 15) is 4.79 Å². The molecule has 1 atom stereocenters. The van der Waals surface area contributed by atoms with Crippen molar-refractivity contribution in [3.8, 4) is 0 Å². The van der Waals surface area contributed by atoms with Crippen LogP contribution in [-0.2, 0) is 14.3 Å². The van der Waals surface area contributed by atoms with Crippen molar-refractivity contribution in [3.05, 3.63) is 29.8 Å². The second kappa shape index (κ2) is 6.61. The van der Waals surface area contributed by atoms with Crippen molar-refractivity contribution in [2.24, 2.45) is 10.7 Å². The van der Waals surface area contributed by atoms with Gasteiger partial charge in [-0.15, -0.1) is 0 Å². The molecule has 6 nitrogen and oxygen atoms in total. The highest BCUT2D eigenvalue weighted by Crippen LogP contribution is 2.11. The molecule has 1 unspecified atom stereocenters. The number of carbonyl (C=O) groups is 1. The van der Waals surface area contributed by atoms with Crippen LogP contribution in [0.4, 0.5) is 5.69 Å². The number of methoxy groups -OCH3 is 1. The third-order valence-corrected chi connectivity index (χ3v) is 2.20. The molecule has 0 saturated heterocycles. The van der Waals surface area contributed by atoms with E-state index in [2.05, 4.69) is 4.99 Å². The molecule has 0 heterocycles. The fourth-order valence-electron chi connectivity index (χ4n) is 1.34. The summed E-state index contributed by atoms with van der Waals surface area (Å²) in [5.41, 5.74) is 12.6. The summed E-state index contributed by atoms with van der Waals surface area (Å²) in [6.45, 7) is 1.95. The highest BCUT2D eigenvalue weighted by atomic mass is 16.6. The van der Waals surface area contributed by atoms with Gasteiger partial charge in [-0.2, -0.15) is 0 Å². The zero-order valence-corrected chi connectivity index (χ0v) is 10.4. The Morgan fingerprint density at radius 3 is 2.67 bits per heavy atom. The van der Waals surface area contributed by atoms with Gasteiger partial charge in [0.2, 0.25) is 6.23 Å². The maximum absolute atomic E-state index is 11.5. The first-order chi connectivity index (χ1) is 8.60. The van der Waals surface area contributed by atoms with E-state index in [1.54, 1.807) is 31.2 Å². The van der Waals surface area contributed by atoms with Crippen molar-refractivity contribution in [2.75, 3.05) is 19.5 Å². The number of anilines is 1. The van der Waals surface area contributed by atoms with E-state index in [4.69, 9.17) is 20.9 Å². The summed E-state index contributed by atoms with van der Waals surface area (Å²) in [5, 5.41) is 0. The Kier molecular flexibility index (Phi) is 5.13. The molecule has 4 N–H and O–H groups in total. The third-order valence-electron chi connectivity index (χ3n) is 2.20. The van der Waals surface area contributed by atoms with Crippen molar-refractivity contribution < 1.29 is 14.3 Å². The van der Waals surface area contributed by atoms with Gasteiger partial charge in [0.25, 0.3) is 0 Å². The second-order valence-electron chi connectivity index (χ2n) is 3.44. The van der Waals surface area contributed by atoms with Gasteiger partial charge in [0.15, 0.2) is 0 Å². The quantitative estimate of drug-likeness (QED) is 0.344. The van der Waals surface area contributed by atoms with Gasteiger partial charge in [0.05, 0.1) is 6.61 Å². The molecule has 0 spiro atoms. The number of nitrogen functional groups attached to an aromatic ring is 1. The largest absolute Gasteiger partial charge is 0.463 e. The minimum atomic E-state index is -1.08. The number of carbonyl (C=O) groups excluding carboxylic acids is 1. The predicted octanol–water partition coefficient (Wildman–Crippen LogP) is 0.510. The number of benzene rings is 1. The van der Waals surface area contributed by atoms with Gasteiger partial charge in [0, 0.05) is 18.4 Å². The number of esters is 1. The third kappa shape index (κ3) is 3.46. The lowest BCUT2D eigenvalue weighted by Gasteiger charge is -2.11. The Morgan fingerprint density at radius 1 is 1.44 bits per heavy atom. The maximum Gasteiger partial charge on any atom is 0.358 e. The average molecular weight is 251 g/mol. The summed E-state index contributed by atoms with van der Waals surface area (Å²) in [5.74, 6) is -0.453. The number of amidine groups is 1. The van der Waals surface area contributed by atoms with Crippen molar-refractivity contribution in [3.63, 3.8) is 0 Å². The van der Waals surface area contributed by atoms with Crippen LogP contribution in [0.2, 0.25) is 0 Å². The molecule has 18 heavy (non-hydrogen) atoms. The fourth-order valence-corrected chi connectivity index (χ4v) is 1.34. The molecule has 0 aliphatic rings. The number of hydrogen-bond acceptors (Lipinski definition) is 5. The molecule has 1 aromatic rings. The van der Waals surface area contributed by atoms with Gasteiger partial charge in [0.1, 0.15) is 5.84 Å². The predicted molar refractivity (Wildman–Crippen MR) is 69.0 cm³/mol. The monoisotopic (exact) mass is 251 g/mol. The molecule has 1 aromatic carbocycles. The van der Waals surface area contributed by atoms with E-state index < -0.39 is 12.2 Å². The van der Waals surface area contributed by atoms with Crippen LogP contribution in [0, 0.1) is 0 Å². The number of hydrogen-bond donors (Lipinski definition) is 2. The normalized spacial score (nSPS) is 13.1. The molecule has 98 valence electrons. The Hall–Kier alpha value is -2.08. The van der Waals surface area contributed by atoms with Crippen LogP contribution < -0.4 is 11.5 Å². The number of aliphatic imine (C=N–C) groups is 1. The number of para-hydroxylation sites is 1. The first kappa shape index (κ1) is 14.0. The molecule has 0 amide bonds. The summed E-state index contributed by atoms with van der Waals surface area (Å²) in [4.78, 5) is 15.4. The Labute approximate surface area is 106 Å². The maximum atomic E-state index is 11.5. The van der Waals surface area contributed by atoms with Gasteiger partial charge in [-0.3, -0.25) is 0 Å². The van der Waals surface area contributed by atoms with Gasteiger partial charge < -0.3 is 20.9 Å². The molecule has 0 aliphatic carbocycles. The van der Waals surface area contributed by atoms with E-state index in [1.807, 2.05) is 0 Å². The van der Waals surface area contributed by atoms with Crippen LogP contribution in [0.15, 0.2) is 29.3 Å². The summed E-state index contributed by atoms with van der Waals surface area (Å²) in [6.07, 6.45) is -1.08. The van der Waals surface area contributed by atoms with Crippen LogP contribution >= 0.6 is 0 Å². The SMILES string of the molecule is CCOC(=O)C(N=C(N)c1ccccc1N)OC. The molecule has 0 radical (unpaired) electrons. The van der Waals surface area contributed by atoms with E-state index in [1.165, 1.54) is 7.11 Å². The zero-order chi connectivity index (χ0) is 13.5. The van der Waals surface area contributed by atoms with Crippen LogP contribution in [-0.4, -0.2) is 31.7 Å². The van der Waals surface area contributed by atoms with Crippen molar-refractivity contribution in [1.82, 2.24) is 0 Å². The van der Waals surface area contributed by atoms with Gasteiger partial charge in [-0.05, 0) is 19.1 Å². The van der Waals surface area contributed by atoms with Gasteiger partial charge in [-0.1, -0.05) is 12.1 Å². The minimum Gasteiger partial charge on any atom is -0.463 e. The Morgan fingerprint density at radius 2 is 2.11 bits per heavy atom. The summed E-state index contributed by atoms with van der Waals surface area (Å²) in [7, 11) is 1.35. The van der Waals surface area contributed by atoms with Crippen LogP contribution in [0.5, 0.6) is 0 Å². The van der Waals surface area contributed by atoms with Gasteiger partial charge in [-0.25, -0.2) is 9.79 Å². The van der Waals surface area contributed by atoms with Crippen LogP contribution in [0.1, 0.15) is 12.5 Å². The van der Waals surface area contributed by atoms with E-state index in [0.717, 1.165) is 0 Å². The number of rotatable bonds is 5.